The van der Waals surface area contributed by atoms with Gasteiger partial charge in [-0.2, -0.15) is 0 Å². The van der Waals surface area contributed by atoms with Crippen LogP contribution in [0.2, 0.25) is 0 Å². The SMILES string of the molecule is COC(=O)c1ccc(Cn2c(C)nc3sc(C)cc3c2=O)cc1. The maximum atomic E-state index is 12.6. The van der Waals surface area contributed by atoms with Gasteiger partial charge in [0.15, 0.2) is 0 Å². The Labute approximate surface area is 137 Å². The fraction of sp³-hybridized carbons (Fsp3) is 0.235. The first kappa shape index (κ1) is 15.4. The molecular weight excluding hydrogens is 312 g/mol. The number of nitrogens with zero attached hydrogens (tertiary/aromatic N) is 2. The molecule has 0 aliphatic heterocycles. The number of ether oxygens (including phenoxy) is 1. The molecule has 5 nitrogen and oxygen atoms in total. The lowest BCUT2D eigenvalue weighted by atomic mass is 10.1. The number of carbonyl (C=O) groups excluding carboxylic acids is 1. The van der Waals surface area contributed by atoms with Gasteiger partial charge in [0.1, 0.15) is 10.7 Å². The van der Waals surface area contributed by atoms with E-state index < -0.39 is 0 Å². The number of benzene rings is 1. The molecule has 0 bridgehead atoms. The highest BCUT2D eigenvalue weighted by molar-refractivity contribution is 7.18. The first-order chi connectivity index (χ1) is 11.0. The van der Waals surface area contributed by atoms with Crippen LogP contribution in [0.15, 0.2) is 35.1 Å². The van der Waals surface area contributed by atoms with E-state index in [9.17, 15) is 9.59 Å². The summed E-state index contributed by atoms with van der Waals surface area (Å²) in [5.74, 6) is 0.308. The predicted molar refractivity (Wildman–Crippen MR) is 90.2 cm³/mol. The second-order valence-corrected chi connectivity index (χ2v) is 6.55. The lowest BCUT2D eigenvalue weighted by Gasteiger charge is -2.10. The fourth-order valence-electron chi connectivity index (χ4n) is 2.47. The van der Waals surface area contributed by atoms with Crippen LogP contribution in [0.3, 0.4) is 0 Å². The molecular formula is C17H16N2O3S. The average molecular weight is 328 g/mol. The Morgan fingerprint density at radius 2 is 1.96 bits per heavy atom. The van der Waals surface area contributed by atoms with Gasteiger partial charge in [0.25, 0.3) is 5.56 Å². The first-order valence-corrected chi connectivity index (χ1v) is 7.96. The number of esters is 1. The van der Waals surface area contributed by atoms with Crippen molar-refractivity contribution in [3.8, 4) is 0 Å². The Morgan fingerprint density at radius 3 is 2.61 bits per heavy atom. The molecule has 0 N–H and O–H groups in total. The molecule has 1 aromatic carbocycles. The maximum Gasteiger partial charge on any atom is 0.337 e. The molecule has 3 rings (SSSR count). The fourth-order valence-corrected chi connectivity index (χ4v) is 3.39. The van der Waals surface area contributed by atoms with E-state index in [1.165, 1.54) is 18.4 Å². The van der Waals surface area contributed by atoms with Gasteiger partial charge < -0.3 is 4.74 Å². The molecule has 3 aromatic rings. The number of aryl methyl sites for hydroxylation is 2. The minimum absolute atomic E-state index is 0.0334. The smallest absolute Gasteiger partial charge is 0.337 e. The quantitative estimate of drug-likeness (QED) is 0.694. The zero-order valence-electron chi connectivity index (χ0n) is 13.1. The standard InChI is InChI=1S/C17H16N2O3S/c1-10-8-14-15(23-10)18-11(2)19(16(14)20)9-12-4-6-13(7-5-12)17(21)22-3/h4-8H,9H2,1-3H3. The molecule has 0 unspecified atom stereocenters. The van der Waals surface area contributed by atoms with Gasteiger partial charge in [-0.25, -0.2) is 9.78 Å². The highest BCUT2D eigenvalue weighted by Crippen LogP contribution is 2.20. The van der Waals surface area contributed by atoms with E-state index in [1.807, 2.05) is 32.0 Å². The van der Waals surface area contributed by atoms with Gasteiger partial charge in [0, 0.05) is 4.88 Å². The number of rotatable bonds is 3. The number of aromatic nitrogens is 2. The van der Waals surface area contributed by atoms with Crippen molar-refractivity contribution in [2.75, 3.05) is 7.11 Å². The van der Waals surface area contributed by atoms with Crippen LogP contribution in [0, 0.1) is 13.8 Å². The summed E-state index contributed by atoms with van der Waals surface area (Å²) < 4.78 is 6.33. The van der Waals surface area contributed by atoms with Gasteiger partial charge >= 0.3 is 5.97 Å². The summed E-state index contributed by atoms with van der Waals surface area (Å²) in [6.07, 6.45) is 0. The Hall–Kier alpha value is -2.47. The zero-order valence-corrected chi connectivity index (χ0v) is 13.9. The minimum atomic E-state index is -0.373. The minimum Gasteiger partial charge on any atom is -0.465 e. The third kappa shape index (κ3) is 2.90. The van der Waals surface area contributed by atoms with Gasteiger partial charge in [-0.1, -0.05) is 12.1 Å². The summed E-state index contributed by atoms with van der Waals surface area (Å²) in [6, 6.07) is 8.92. The largest absolute Gasteiger partial charge is 0.465 e. The Balaban J connectivity index is 1.98. The topological polar surface area (TPSA) is 61.2 Å². The number of fused-ring (bicyclic) bond motifs is 1. The lowest BCUT2D eigenvalue weighted by molar-refractivity contribution is 0.0600. The highest BCUT2D eigenvalue weighted by Gasteiger charge is 2.11. The molecule has 23 heavy (non-hydrogen) atoms. The van der Waals surface area contributed by atoms with E-state index in [4.69, 9.17) is 0 Å². The lowest BCUT2D eigenvalue weighted by Crippen LogP contribution is -2.23. The Morgan fingerprint density at radius 1 is 1.26 bits per heavy atom. The van der Waals surface area contributed by atoms with Crippen LogP contribution in [0.25, 0.3) is 10.2 Å². The van der Waals surface area contributed by atoms with Crippen LogP contribution in [0.5, 0.6) is 0 Å². The maximum absolute atomic E-state index is 12.6. The molecule has 2 heterocycles. The predicted octanol–water partition coefficient (Wildman–Crippen LogP) is 2.91. The Kier molecular flexibility index (Phi) is 4.00. The van der Waals surface area contributed by atoms with E-state index in [1.54, 1.807) is 16.7 Å². The first-order valence-electron chi connectivity index (χ1n) is 7.14. The van der Waals surface area contributed by atoms with Gasteiger partial charge in [-0.05, 0) is 37.6 Å². The van der Waals surface area contributed by atoms with Gasteiger partial charge in [0.05, 0.1) is 24.6 Å². The second kappa shape index (κ2) is 5.96. The molecule has 0 saturated carbocycles. The van der Waals surface area contributed by atoms with Crippen molar-refractivity contribution >= 4 is 27.5 Å². The number of methoxy groups -OCH3 is 1. The van der Waals surface area contributed by atoms with Crippen LogP contribution in [-0.4, -0.2) is 22.6 Å². The van der Waals surface area contributed by atoms with E-state index in [-0.39, 0.29) is 11.5 Å². The molecule has 0 fully saturated rings. The molecule has 0 aliphatic carbocycles. The molecule has 0 spiro atoms. The van der Waals surface area contributed by atoms with E-state index in [2.05, 4.69) is 9.72 Å². The van der Waals surface area contributed by atoms with E-state index in [0.29, 0.717) is 23.3 Å². The molecule has 2 aromatic heterocycles. The van der Waals surface area contributed by atoms with Crippen molar-refractivity contribution in [3.05, 3.63) is 62.5 Å². The second-order valence-electron chi connectivity index (χ2n) is 5.31. The molecule has 0 radical (unpaired) electrons. The molecule has 6 heteroatoms. The summed E-state index contributed by atoms with van der Waals surface area (Å²) in [5.41, 5.74) is 1.38. The third-order valence-electron chi connectivity index (χ3n) is 3.68. The molecule has 118 valence electrons. The monoisotopic (exact) mass is 328 g/mol. The number of hydrogen-bond donors (Lipinski definition) is 0. The van der Waals surface area contributed by atoms with Crippen molar-refractivity contribution in [2.45, 2.75) is 20.4 Å². The number of carbonyl (C=O) groups is 1. The molecule has 0 atom stereocenters. The van der Waals surface area contributed by atoms with Gasteiger partial charge in [0.2, 0.25) is 0 Å². The normalized spacial score (nSPS) is 10.9. The summed E-state index contributed by atoms with van der Waals surface area (Å²) in [6.45, 7) is 4.22. The highest BCUT2D eigenvalue weighted by atomic mass is 32.1. The van der Waals surface area contributed by atoms with Crippen LogP contribution in [0.1, 0.15) is 26.6 Å². The van der Waals surface area contributed by atoms with E-state index in [0.717, 1.165) is 15.3 Å². The van der Waals surface area contributed by atoms with E-state index >= 15 is 0 Å². The van der Waals surface area contributed by atoms with Crippen molar-refractivity contribution < 1.29 is 9.53 Å². The average Bonchev–Trinajstić information content (AvgIpc) is 2.91. The summed E-state index contributed by atoms with van der Waals surface area (Å²) >= 11 is 1.53. The van der Waals surface area contributed by atoms with Gasteiger partial charge in [-0.3, -0.25) is 9.36 Å². The van der Waals surface area contributed by atoms with Crippen molar-refractivity contribution in [2.24, 2.45) is 0 Å². The Bertz CT molecular complexity index is 939. The van der Waals surface area contributed by atoms with Crippen molar-refractivity contribution in [1.29, 1.82) is 0 Å². The number of thiophene rings is 1. The summed E-state index contributed by atoms with van der Waals surface area (Å²) in [4.78, 5) is 30.5. The molecule has 0 saturated heterocycles. The van der Waals surface area contributed by atoms with Crippen LogP contribution < -0.4 is 5.56 Å². The third-order valence-corrected chi connectivity index (χ3v) is 4.63. The number of hydrogen-bond acceptors (Lipinski definition) is 5. The molecule has 0 amide bonds. The summed E-state index contributed by atoms with van der Waals surface area (Å²) in [7, 11) is 1.35. The zero-order chi connectivity index (χ0) is 16.6. The van der Waals surface area contributed by atoms with Crippen molar-refractivity contribution in [3.63, 3.8) is 0 Å². The van der Waals surface area contributed by atoms with Crippen LogP contribution >= 0.6 is 11.3 Å². The molecule has 0 aliphatic rings. The van der Waals surface area contributed by atoms with Crippen molar-refractivity contribution in [1.82, 2.24) is 9.55 Å². The van der Waals surface area contributed by atoms with Gasteiger partial charge in [-0.15, -0.1) is 11.3 Å². The summed E-state index contributed by atoms with van der Waals surface area (Å²) in [5, 5.41) is 0.657. The van der Waals surface area contributed by atoms with Crippen LogP contribution in [-0.2, 0) is 11.3 Å². The van der Waals surface area contributed by atoms with Crippen LogP contribution in [0.4, 0.5) is 0 Å².